The summed E-state index contributed by atoms with van der Waals surface area (Å²) in [6, 6.07) is 15.4. The Kier molecular flexibility index (Phi) is 4.30. The molecule has 1 heterocycles. The number of hydrogen-bond acceptors (Lipinski definition) is 2. The number of halogens is 1. The number of benzene rings is 2. The maximum Gasteiger partial charge on any atom is 0.219 e. The van der Waals surface area contributed by atoms with Crippen molar-refractivity contribution in [2.45, 2.75) is 25.3 Å². The van der Waals surface area contributed by atoms with Crippen LogP contribution >= 0.6 is 0 Å². The Bertz CT molecular complexity index is 752. The molecule has 1 saturated carbocycles. The van der Waals surface area contributed by atoms with Gasteiger partial charge in [-0.1, -0.05) is 36.4 Å². The minimum absolute atomic E-state index is 0.183. The van der Waals surface area contributed by atoms with Crippen LogP contribution in [0.25, 0.3) is 11.1 Å². The van der Waals surface area contributed by atoms with Crippen LogP contribution in [0.2, 0.25) is 0 Å². The first kappa shape index (κ1) is 16.3. The predicted molar refractivity (Wildman–Crippen MR) is 96.7 cm³/mol. The zero-order chi connectivity index (χ0) is 17.4. The van der Waals surface area contributed by atoms with Crippen molar-refractivity contribution in [2.75, 3.05) is 19.6 Å². The van der Waals surface area contributed by atoms with Crippen molar-refractivity contribution in [2.24, 2.45) is 5.92 Å². The largest absolute Gasteiger partial charge is 0.339 e. The molecule has 1 saturated heterocycles. The van der Waals surface area contributed by atoms with Gasteiger partial charge < -0.3 is 10.2 Å². The smallest absolute Gasteiger partial charge is 0.219 e. The minimum Gasteiger partial charge on any atom is -0.339 e. The SMILES string of the molecule is CC(=O)N(CC1CNC1)C1CC1c1ccc(-c2ccc(F)cc2)cc1. The molecule has 2 unspecified atom stereocenters. The molecule has 4 heteroatoms. The zero-order valence-electron chi connectivity index (χ0n) is 14.4. The fourth-order valence-corrected chi connectivity index (χ4v) is 3.70. The van der Waals surface area contributed by atoms with Crippen LogP contribution in [0.5, 0.6) is 0 Å². The van der Waals surface area contributed by atoms with E-state index in [2.05, 4.69) is 34.5 Å². The van der Waals surface area contributed by atoms with E-state index in [1.165, 1.54) is 17.7 Å². The maximum absolute atomic E-state index is 13.0. The highest BCUT2D eigenvalue weighted by molar-refractivity contribution is 5.74. The van der Waals surface area contributed by atoms with Crippen molar-refractivity contribution in [3.05, 3.63) is 59.9 Å². The molecule has 4 rings (SSSR count). The Morgan fingerprint density at radius 2 is 1.68 bits per heavy atom. The van der Waals surface area contributed by atoms with E-state index in [0.717, 1.165) is 37.2 Å². The molecule has 25 heavy (non-hydrogen) atoms. The Hall–Kier alpha value is -2.20. The predicted octanol–water partition coefficient (Wildman–Crippen LogP) is 3.42. The first-order chi connectivity index (χ1) is 12.1. The molecule has 2 aromatic carbocycles. The van der Waals surface area contributed by atoms with E-state index in [-0.39, 0.29) is 11.7 Å². The van der Waals surface area contributed by atoms with E-state index < -0.39 is 0 Å². The zero-order valence-corrected chi connectivity index (χ0v) is 14.4. The third-order valence-corrected chi connectivity index (χ3v) is 5.40. The van der Waals surface area contributed by atoms with Crippen LogP contribution in [0.1, 0.15) is 24.8 Å². The molecule has 0 spiro atoms. The normalized spacial score (nSPS) is 22.3. The molecule has 0 radical (unpaired) electrons. The summed E-state index contributed by atoms with van der Waals surface area (Å²) >= 11 is 0. The van der Waals surface area contributed by atoms with Crippen molar-refractivity contribution in [1.82, 2.24) is 10.2 Å². The van der Waals surface area contributed by atoms with Crippen molar-refractivity contribution < 1.29 is 9.18 Å². The molecule has 2 fully saturated rings. The van der Waals surface area contributed by atoms with Crippen molar-refractivity contribution >= 4 is 5.91 Å². The van der Waals surface area contributed by atoms with Gasteiger partial charge in [0.25, 0.3) is 0 Å². The van der Waals surface area contributed by atoms with E-state index in [4.69, 9.17) is 0 Å². The molecule has 1 aliphatic heterocycles. The monoisotopic (exact) mass is 338 g/mol. The lowest BCUT2D eigenvalue weighted by Gasteiger charge is -2.33. The molecule has 3 nitrogen and oxygen atoms in total. The summed E-state index contributed by atoms with van der Waals surface area (Å²) in [6.45, 7) is 4.59. The number of rotatable bonds is 5. The van der Waals surface area contributed by atoms with Gasteiger partial charge in [-0.05, 0) is 35.2 Å². The summed E-state index contributed by atoms with van der Waals surface area (Å²) in [6.07, 6.45) is 1.05. The second-order valence-electron chi connectivity index (χ2n) is 7.23. The standard InChI is InChI=1S/C21H23FN2O/c1-14(25)24(13-15-11-23-12-15)21-10-20(21)18-4-2-16(3-5-18)17-6-8-19(22)9-7-17/h2-9,15,20-21,23H,10-13H2,1H3. The van der Waals surface area contributed by atoms with Gasteiger partial charge in [0.2, 0.25) is 5.91 Å². The highest BCUT2D eigenvalue weighted by Crippen LogP contribution is 2.45. The lowest BCUT2D eigenvalue weighted by molar-refractivity contribution is -0.130. The number of carbonyl (C=O) groups is 1. The molecule has 1 aliphatic carbocycles. The second-order valence-corrected chi connectivity index (χ2v) is 7.23. The number of amides is 1. The maximum atomic E-state index is 13.0. The molecule has 2 aliphatic rings. The van der Waals surface area contributed by atoms with Gasteiger partial charge in [-0.2, -0.15) is 0 Å². The fourth-order valence-electron chi connectivity index (χ4n) is 3.70. The molecular weight excluding hydrogens is 315 g/mol. The highest BCUT2D eigenvalue weighted by atomic mass is 19.1. The van der Waals surface area contributed by atoms with Crippen LogP contribution < -0.4 is 5.32 Å². The first-order valence-corrected chi connectivity index (χ1v) is 8.95. The lowest BCUT2D eigenvalue weighted by Crippen LogP contribution is -2.49. The van der Waals surface area contributed by atoms with Gasteiger partial charge in [0.05, 0.1) is 0 Å². The van der Waals surface area contributed by atoms with Crippen LogP contribution in [0.15, 0.2) is 48.5 Å². The molecule has 2 atom stereocenters. The summed E-state index contributed by atoms with van der Waals surface area (Å²) in [5.74, 6) is 1.01. The molecular formula is C21H23FN2O. The highest BCUT2D eigenvalue weighted by Gasteiger charge is 2.44. The molecule has 0 bridgehead atoms. The van der Waals surface area contributed by atoms with Gasteiger partial charge in [-0.15, -0.1) is 0 Å². The number of carbonyl (C=O) groups excluding carboxylic acids is 1. The summed E-state index contributed by atoms with van der Waals surface area (Å²) < 4.78 is 13.0. The number of nitrogens with one attached hydrogen (secondary N) is 1. The van der Waals surface area contributed by atoms with Crippen LogP contribution in [-0.4, -0.2) is 36.5 Å². The van der Waals surface area contributed by atoms with E-state index in [9.17, 15) is 9.18 Å². The molecule has 0 aromatic heterocycles. The Morgan fingerprint density at radius 1 is 1.08 bits per heavy atom. The quantitative estimate of drug-likeness (QED) is 0.906. The third-order valence-electron chi connectivity index (χ3n) is 5.40. The fraction of sp³-hybridized carbons (Fsp3) is 0.381. The molecule has 1 amide bonds. The van der Waals surface area contributed by atoms with Crippen molar-refractivity contribution in [3.63, 3.8) is 0 Å². The van der Waals surface area contributed by atoms with Crippen LogP contribution in [0, 0.1) is 11.7 Å². The van der Waals surface area contributed by atoms with Crippen molar-refractivity contribution in [3.8, 4) is 11.1 Å². The van der Waals surface area contributed by atoms with Crippen LogP contribution in [0.3, 0.4) is 0 Å². The lowest BCUT2D eigenvalue weighted by atomic mass is 10.0. The van der Waals surface area contributed by atoms with Crippen LogP contribution in [-0.2, 0) is 4.79 Å². The van der Waals surface area contributed by atoms with Gasteiger partial charge in [0, 0.05) is 44.4 Å². The summed E-state index contributed by atoms with van der Waals surface area (Å²) in [7, 11) is 0. The summed E-state index contributed by atoms with van der Waals surface area (Å²) in [5, 5.41) is 3.27. The number of hydrogen-bond donors (Lipinski definition) is 1. The molecule has 130 valence electrons. The van der Waals surface area contributed by atoms with E-state index >= 15 is 0 Å². The topological polar surface area (TPSA) is 32.3 Å². The van der Waals surface area contributed by atoms with Crippen molar-refractivity contribution in [1.29, 1.82) is 0 Å². The van der Waals surface area contributed by atoms with E-state index in [1.807, 2.05) is 0 Å². The van der Waals surface area contributed by atoms with Gasteiger partial charge in [-0.3, -0.25) is 4.79 Å². The van der Waals surface area contributed by atoms with E-state index in [0.29, 0.717) is 17.9 Å². The Labute approximate surface area is 147 Å². The average Bonchev–Trinajstić information content (AvgIpc) is 3.35. The summed E-state index contributed by atoms with van der Waals surface area (Å²) in [4.78, 5) is 14.1. The second kappa shape index (κ2) is 6.60. The first-order valence-electron chi connectivity index (χ1n) is 8.95. The Balaban J connectivity index is 1.44. The average molecular weight is 338 g/mol. The molecule has 1 N–H and O–H groups in total. The number of nitrogens with zero attached hydrogens (tertiary/aromatic N) is 1. The minimum atomic E-state index is -0.216. The summed E-state index contributed by atoms with van der Waals surface area (Å²) in [5.41, 5.74) is 3.39. The van der Waals surface area contributed by atoms with E-state index in [1.54, 1.807) is 19.1 Å². The molecule has 2 aromatic rings. The Morgan fingerprint density at radius 3 is 2.20 bits per heavy atom. The van der Waals surface area contributed by atoms with Gasteiger partial charge in [0.15, 0.2) is 0 Å². The van der Waals surface area contributed by atoms with Gasteiger partial charge >= 0.3 is 0 Å². The third kappa shape index (κ3) is 3.45. The van der Waals surface area contributed by atoms with Crippen LogP contribution in [0.4, 0.5) is 4.39 Å². The van der Waals surface area contributed by atoms with Gasteiger partial charge in [-0.25, -0.2) is 4.39 Å². The van der Waals surface area contributed by atoms with Gasteiger partial charge in [0.1, 0.15) is 5.82 Å².